The average Bonchev–Trinajstić information content (AvgIpc) is 3.44. The van der Waals surface area contributed by atoms with E-state index in [1.807, 2.05) is 24.3 Å². The van der Waals surface area contributed by atoms with E-state index in [1.54, 1.807) is 7.11 Å². The molecule has 0 atom stereocenters. The minimum absolute atomic E-state index is 0.214. The van der Waals surface area contributed by atoms with E-state index in [0.29, 0.717) is 34.0 Å². The molecule has 0 aliphatic carbocycles. The number of hydrogen-bond acceptors (Lipinski definition) is 9. The molecule has 0 bridgehead atoms. The Morgan fingerprint density at radius 2 is 1.87 bits per heavy atom. The van der Waals surface area contributed by atoms with Crippen LogP contribution in [0.5, 0.6) is 5.75 Å². The monoisotopic (exact) mass is 457 g/mol. The molecule has 0 aliphatic heterocycles. The third-order valence-electron chi connectivity index (χ3n) is 4.05. The van der Waals surface area contributed by atoms with Crippen LogP contribution in [0, 0.1) is 5.82 Å². The zero-order valence-corrected chi connectivity index (χ0v) is 17.9. The summed E-state index contributed by atoms with van der Waals surface area (Å²) in [6.07, 6.45) is 0.518. The standard InChI is InChI=1S/C20H16FN5O3S2/c1-28-15-8-2-12(3-9-15)10-16-23-26-20(29-16)30-11-17-24-25-19(31-17)18(27)22-14-6-4-13(21)5-7-14/h2-9H,10-11H2,1H3,(H,22,27). The highest BCUT2D eigenvalue weighted by atomic mass is 32.2. The lowest BCUT2D eigenvalue weighted by Gasteiger charge is -2.01. The van der Waals surface area contributed by atoms with Crippen molar-refractivity contribution in [1.29, 1.82) is 0 Å². The van der Waals surface area contributed by atoms with Gasteiger partial charge >= 0.3 is 0 Å². The Morgan fingerprint density at radius 3 is 2.61 bits per heavy atom. The number of thioether (sulfide) groups is 1. The van der Waals surface area contributed by atoms with E-state index in [1.165, 1.54) is 36.0 Å². The second-order valence-electron chi connectivity index (χ2n) is 6.24. The van der Waals surface area contributed by atoms with Crippen LogP contribution in [0.25, 0.3) is 0 Å². The first-order chi connectivity index (χ1) is 15.1. The van der Waals surface area contributed by atoms with E-state index < -0.39 is 5.91 Å². The van der Waals surface area contributed by atoms with Gasteiger partial charge in [-0.05, 0) is 42.0 Å². The summed E-state index contributed by atoms with van der Waals surface area (Å²) in [4.78, 5) is 12.3. The van der Waals surface area contributed by atoms with Crippen molar-refractivity contribution in [2.24, 2.45) is 0 Å². The maximum Gasteiger partial charge on any atom is 0.286 e. The number of nitrogens with one attached hydrogen (secondary N) is 1. The number of rotatable bonds is 8. The third-order valence-corrected chi connectivity index (χ3v) is 5.98. The zero-order chi connectivity index (χ0) is 21.6. The van der Waals surface area contributed by atoms with Crippen LogP contribution >= 0.6 is 23.1 Å². The second kappa shape index (κ2) is 9.67. The maximum atomic E-state index is 13.0. The van der Waals surface area contributed by atoms with E-state index in [4.69, 9.17) is 9.15 Å². The van der Waals surface area contributed by atoms with E-state index in [9.17, 15) is 9.18 Å². The smallest absolute Gasteiger partial charge is 0.286 e. The fourth-order valence-electron chi connectivity index (χ4n) is 2.53. The second-order valence-corrected chi connectivity index (χ2v) is 8.23. The van der Waals surface area contributed by atoms with Gasteiger partial charge < -0.3 is 14.5 Å². The van der Waals surface area contributed by atoms with Gasteiger partial charge in [-0.3, -0.25) is 4.79 Å². The zero-order valence-electron chi connectivity index (χ0n) is 16.2. The number of carbonyl (C=O) groups excluding carboxylic acids is 1. The van der Waals surface area contributed by atoms with Gasteiger partial charge in [-0.2, -0.15) is 0 Å². The Hall–Kier alpha value is -3.31. The molecule has 0 saturated carbocycles. The minimum Gasteiger partial charge on any atom is -0.497 e. The van der Waals surface area contributed by atoms with Crippen LogP contribution in [0.4, 0.5) is 10.1 Å². The molecule has 0 aliphatic rings. The Morgan fingerprint density at radius 1 is 1.10 bits per heavy atom. The van der Waals surface area contributed by atoms with Crippen molar-refractivity contribution in [2.75, 3.05) is 12.4 Å². The van der Waals surface area contributed by atoms with Crippen LogP contribution in [0.3, 0.4) is 0 Å². The van der Waals surface area contributed by atoms with E-state index in [0.717, 1.165) is 22.6 Å². The van der Waals surface area contributed by atoms with Gasteiger partial charge in [0.05, 0.1) is 19.3 Å². The summed E-state index contributed by atoms with van der Waals surface area (Å²) in [5.74, 6) is 0.949. The molecular formula is C20H16FN5O3S2. The van der Waals surface area contributed by atoms with Crippen LogP contribution in [-0.2, 0) is 12.2 Å². The number of benzene rings is 2. The molecule has 1 N–H and O–H groups in total. The molecule has 0 radical (unpaired) electrons. The molecule has 0 fully saturated rings. The number of halogens is 1. The van der Waals surface area contributed by atoms with E-state index >= 15 is 0 Å². The molecule has 158 valence electrons. The van der Waals surface area contributed by atoms with Gasteiger partial charge in [-0.25, -0.2) is 4.39 Å². The fourth-order valence-corrected chi connectivity index (χ4v) is 4.03. The summed E-state index contributed by atoms with van der Waals surface area (Å²) in [7, 11) is 1.62. The van der Waals surface area contributed by atoms with Crippen molar-refractivity contribution in [3.63, 3.8) is 0 Å². The van der Waals surface area contributed by atoms with Crippen molar-refractivity contribution in [3.05, 3.63) is 75.8 Å². The average molecular weight is 458 g/mol. The normalized spacial score (nSPS) is 10.8. The van der Waals surface area contributed by atoms with Crippen molar-refractivity contribution in [1.82, 2.24) is 20.4 Å². The topological polar surface area (TPSA) is 103 Å². The van der Waals surface area contributed by atoms with Crippen molar-refractivity contribution < 1.29 is 18.3 Å². The first-order valence-electron chi connectivity index (χ1n) is 9.06. The fraction of sp³-hybridized carbons (Fsp3) is 0.150. The number of nitrogens with zero attached hydrogens (tertiary/aromatic N) is 4. The molecule has 31 heavy (non-hydrogen) atoms. The molecule has 0 unspecified atom stereocenters. The van der Waals surface area contributed by atoms with Gasteiger partial charge in [0.2, 0.25) is 10.9 Å². The highest BCUT2D eigenvalue weighted by molar-refractivity contribution is 7.98. The first-order valence-corrected chi connectivity index (χ1v) is 10.9. The lowest BCUT2D eigenvalue weighted by molar-refractivity contribution is 0.102. The van der Waals surface area contributed by atoms with Gasteiger partial charge in [0, 0.05) is 5.69 Å². The lowest BCUT2D eigenvalue weighted by Crippen LogP contribution is -2.11. The van der Waals surface area contributed by atoms with Crippen LogP contribution < -0.4 is 10.1 Å². The quantitative estimate of drug-likeness (QED) is 0.393. The van der Waals surface area contributed by atoms with Crippen LogP contribution in [-0.4, -0.2) is 33.4 Å². The van der Waals surface area contributed by atoms with Gasteiger partial charge in [0.25, 0.3) is 11.1 Å². The largest absolute Gasteiger partial charge is 0.497 e. The highest BCUT2D eigenvalue weighted by Crippen LogP contribution is 2.24. The Labute approximate surface area is 184 Å². The molecule has 1 amide bonds. The van der Waals surface area contributed by atoms with Gasteiger partial charge in [-0.1, -0.05) is 35.2 Å². The Balaban J connectivity index is 1.30. The number of anilines is 1. The van der Waals surface area contributed by atoms with Crippen LogP contribution in [0.2, 0.25) is 0 Å². The summed E-state index contributed by atoms with van der Waals surface area (Å²) in [5.41, 5.74) is 1.51. The summed E-state index contributed by atoms with van der Waals surface area (Å²) >= 11 is 2.48. The summed E-state index contributed by atoms with van der Waals surface area (Å²) < 4.78 is 23.8. The molecule has 2 heterocycles. The number of aromatic nitrogens is 4. The molecule has 4 aromatic rings. The lowest BCUT2D eigenvalue weighted by atomic mass is 10.1. The van der Waals surface area contributed by atoms with E-state index in [2.05, 4.69) is 25.7 Å². The molecular weight excluding hydrogens is 441 g/mol. The number of amides is 1. The predicted molar refractivity (Wildman–Crippen MR) is 114 cm³/mol. The third kappa shape index (κ3) is 5.64. The molecule has 2 aromatic heterocycles. The number of carbonyl (C=O) groups is 1. The predicted octanol–water partition coefficient (Wildman–Crippen LogP) is 4.20. The molecule has 8 nitrogen and oxygen atoms in total. The molecule has 4 rings (SSSR count). The molecule has 11 heteroatoms. The summed E-state index contributed by atoms with van der Waals surface area (Å²) in [6.45, 7) is 0. The van der Waals surface area contributed by atoms with E-state index in [-0.39, 0.29) is 10.8 Å². The highest BCUT2D eigenvalue weighted by Gasteiger charge is 2.15. The molecule has 2 aromatic carbocycles. The summed E-state index contributed by atoms with van der Waals surface area (Å²) in [6, 6.07) is 13.1. The Kier molecular flexibility index (Phi) is 6.53. The SMILES string of the molecule is COc1ccc(Cc2nnc(SCc3nnc(C(=O)Nc4ccc(F)cc4)s3)o2)cc1. The number of ether oxygens (including phenoxy) is 1. The van der Waals surface area contributed by atoms with Gasteiger partial charge in [0.1, 0.15) is 16.6 Å². The van der Waals surface area contributed by atoms with Crippen molar-refractivity contribution in [3.8, 4) is 5.75 Å². The van der Waals surface area contributed by atoms with Crippen molar-refractivity contribution >= 4 is 34.7 Å². The summed E-state index contributed by atoms with van der Waals surface area (Å²) in [5, 5.41) is 20.0. The minimum atomic E-state index is -0.403. The maximum absolute atomic E-state index is 13.0. The van der Waals surface area contributed by atoms with Gasteiger partial charge in [0.15, 0.2) is 0 Å². The molecule has 0 saturated heterocycles. The van der Waals surface area contributed by atoms with Crippen LogP contribution in [0.1, 0.15) is 26.3 Å². The van der Waals surface area contributed by atoms with Crippen LogP contribution in [0.15, 0.2) is 58.2 Å². The Bertz CT molecular complexity index is 1160. The van der Waals surface area contributed by atoms with Crippen molar-refractivity contribution in [2.45, 2.75) is 17.4 Å². The first kappa shape index (κ1) is 20.9. The molecule has 0 spiro atoms. The van der Waals surface area contributed by atoms with Gasteiger partial charge in [-0.15, -0.1) is 20.4 Å². The number of methoxy groups -OCH3 is 1. The number of hydrogen-bond donors (Lipinski definition) is 1.